The molecule has 0 atom stereocenters. The molecule has 0 saturated heterocycles. The van der Waals surface area contributed by atoms with Gasteiger partial charge >= 0.3 is 0 Å². The lowest BCUT2D eigenvalue weighted by Gasteiger charge is -2.12. The van der Waals surface area contributed by atoms with Crippen molar-refractivity contribution in [1.82, 2.24) is 0 Å². The highest BCUT2D eigenvalue weighted by molar-refractivity contribution is 9.10. The normalized spacial score (nSPS) is 11.1. The minimum atomic E-state index is 0.244. The molecule has 0 unspecified atom stereocenters. The first-order chi connectivity index (χ1) is 18.6. The van der Waals surface area contributed by atoms with Crippen molar-refractivity contribution in [2.24, 2.45) is 0 Å². The van der Waals surface area contributed by atoms with E-state index in [-0.39, 0.29) is 5.75 Å². The predicted octanol–water partition coefficient (Wildman–Crippen LogP) is 9.97. The molecule has 1 N–H and O–H groups in total. The summed E-state index contributed by atoms with van der Waals surface area (Å²) in [7, 11) is 1.65. The number of ether oxygens (including phenoxy) is 1. The van der Waals surface area contributed by atoms with Crippen LogP contribution in [0.4, 0.5) is 0 Å². The Labute approximate surface area is 234 Å². The van der Waals surface area contributed by atoms with Crippen LogP contribution in [0.25, 0.3) is 43.5 Å². The van der Waals surface area contributed by atoms with E-state index in [9.17, 15) is 5.11 Å². The molecule has 186 valence electrons. The molecule has 0 aliphatic heterocycles. The van der Waals surface area contributed by atoms with E-state index in [1.807, 2.05) is 47.7 Å². The van der Waals surface area contributed by atoms with Gasteiger partial charge in [-0.05, 0) is 64.2 Å². The Bertz CT molecular complexity index is 1750. The molecule has 0 saturated carbocycles. The van der Waals surface area contributed by atoms with E-state index >= 15 is 0 Å². The van der Waals surface area contributed by atoms with Crippen LogP contribution in [0.1, 0.15) is 10.4 Å². The topological polar surface area (TPSA) is 29.5 Å². The molecule has 0 aliphatic carbocycles. The van der Waals surface area contributed by atoms with E-state index in [4.69, 9.17) is 4.74 Å². The van der Waals surface area contributed by atoms with Gasteiger partial charge in [-0.15, -0.1) is 11.3 Å². The first-order valence-electron chi connectivity index (χ1n) is 12.4. The second-order valence-electron chi connectivity index (χ2n) is 9.22. The van der Waals surface area contributed by atoms with Gasteiger partial charge in [0.05, 0.1) is 7.11 Å². The van der Waals surface area contributed by atoms with Gasteiger partial charge in [0, 0.05) is 37.0 Å². The Morgan fingerprint density at radius 2 is 1.47 bits per heavy atom. The van der Waals surface area contributed by atoms with Crippen LogP contribution in [0.2, 0.25) is 0 Å². The molecular formula is C34H25BrO2S. The van der Waals surface area contributed by atoms with Crippen LogP contribution >= 0.6 is 27.3 Å². The Hall–Kier alpha value is -3.86. The molecule has 4 heteroatoms. The average Bonchev–Trinajstić information content (AvgIpc) is 3.31. The van der Waals surface area contributed by atoms with Crippen LogP contribution in [0, 0.1) is 0 Å². The van der Waals surface area contributed by atoms with Crippen molar-refractivity contribution in [3.05, 3.63) is 130 Å². The number of phenolic OH excluding ortho intramolecular Hbond substituents is 1. The van der Waals surface area contributed by atoms with Crippen LogP contribution in [0.15, 0.2) is 120 Å². The fraction of sp³-hybridized carbons (Fsp3) is 0.0588. The van der Waals surface area contributed by atoms with Crippen molar-refractivity contribution in [3.8, 4) is 44.9 Å². The number of thiophene rings is 1. The summed E-state index contributed by atoms with van der Waals surface area (Å²) >= 11 is 5.77. The quantitative estimate of drug-likeness (QED) is 0.214. The molecule has 5 aromatic carbocycles. The third-order valence-corrected chi connectivity index (χ3v) is 8.65. The largest absolute Gasteiger partial charge is 0.507 e. The zero-order valence-electron chi connectivity index (χ0n) is 20.8. The monoisotopic (exact) mass is 576 g/mol. The highest BCUT2D eigenvalue weighted by Crippen LogP contribution is 2.44. The van der Waals surface area contributed by atoms with Gasteiger partial charge in [-0.1, -0.05) is 94.8 Å². The molecule has 0 fully saturated rings. The second kappa shape index (κ2) is 10.5. The smallest absolute Gasteiger partial charge is 0.123 e. The number of hydrogen-bond acceptors (Lipinski definition) is 3. The van der Waals surface area contributed by atoms with Crippen molar-refractivity contribution in [2.75, 3.05) is 7.11 Å². The van der Waals surface area contributed by atoms with Crippen molar-refractivity contribution in [1.29, 1.82) is 0 Å². The third-order valence-electron chi connectivity index (χ3n) is 6.82. The molecule has 1 aromatic heterocycles. The maximum atomic E-state index is 10.6. The van der Waals surface area contributed by atoms with Gasteiger partial charge in [0.2, 0.25) is 0 Å². The molecular weight excluding hydrogens is 552 g/mol. The summed E-state index contributed by atoms with van der Waals surface area (Å²) in [4.78, 5) is 1.36. The number of halogens is 1. The average molecular weight is 578 g/mol. The van der Waals surface area contributed by atoms with Gasteiger partial charge in [-0.3, -0.25) is 0 Å². The molecule has 2 nitrogen and oxygen atoms in total. The van der Waals surface area contributed by atoms with E-state index < -0.39 is 0 Å². The van der Waals surface area contributed by atoms with Crippen molar-refractivity contribution in [2.45, 2.75) is 6.42 Å². The van der Waals surface area contributed by atoms with E-state index in [0.29, 0.717) is 0 Å². The summed E-state index contributed by atoms with van der Waals surface area (Å²) in [5.74, 6) is 1.00. The van der Waals surface area contributed by atoms with Crippen LogP contribution in [-0.2, 0) is 6.42 Å². The minimum absolute atomic E-state index is 0.244. The minimum Gasteiger partial charge on any atom is -0.507 e. The summed E-state index contributed by atoms with van der Waals surface area (Å²) in [6, 6.07) is 39.4. The van der Waals surface area contributed by atoms with Gasteiger partial charge in [-0.25, -0.2) is 0 Å². The van der Waals surface area contributed by atoms with E-state index in [1.54, 1.807) is 13.2 Å². The summed E-state index contributed by atoms with van der Waals surface area (Å²) in [5, 5.41) is 11.9. The fourth-order valence-corrected chi connectivity index (χ4v) is 6.76. The maximum absolute atomic E-state index is 10.6. The Kier molecular flexibility index (Phi) is 6.75. The first-order valence-corrected chi connectivity index (χ1v) is 14.0. The van der Waals surface area contributed by atoms with Gasteiger partial charge in [0.1, 0.15) is 11.5 Å². The molecule has 0 spiro atoms. The first kappa shape index (κ1) is 24.5. The Morgan fingerprint density at radius 1 is 0.711 bits per heavy atom. The maximum Gasteiger partial charge on any atom is 0.123 e. The van der Waals surface area contributed by atoms with E-state index in [0.717, 1.165) is 38.9 Å². The number of benzene rings is 5. The van der Waals surface area contributed by atoms with Crippen LogP contribution in [0.3, 0.4) is 0 Å². The zero-order valence-corrected chi connectivity index (χ0v) is 23.2. The fourth-order valence-electron chi connectivity index (χ4n) is 4.93. The van der Waals surface area contributed by atoms with E-state index in [2.05, 4.69) is 88.7 Å². The molecule has 6 rings (SSSR count). The molecule has 0 bridgehead atoms. The van der Waals surface area contributed by atoms with Crippen molar-refractivity contribution >= 4 is 37.4 Å². The molecule has 0 aliphatic rings. The number of rotatable bonds is 6. The number of hydrogen-bond donors (Lipinski definition) is 1. The zero-order chi connectivity index (χ0) is 26.1. The van der Waals surface area contributed by atoms with Crippen LogP contribution < -0.4 is 4.74 Å². The van der Waals surface area contributed by atoms with Gasteiger partial charge in [0.15, 0.2) is 0 Å². The highest BCUT2D eigenvalue weighted by Gasteiger charge is 2.17. The lowest BCUT2D eigenvalue weighted by molar-refractivity contribution is 0.415. The lowest BCUT2D eigenvalue weighted by Crippen LogP contribution is -1.90. The van der Waals surface area contributed by atoms with Crippen LogP contribution in [0.5, 0.6) is 11.5 Å². The SMILES string of the molecule is COc1cccc(-c2cc(-c3ccc(-c4c(Cc5ccccc5)sc5ccccc45)c(Br)c3)ccc2O)c1. The Balaban J connectivity index is 1.42. The van der Waals surface area contributed by atoms with Crippen molar-refractivity contribution in [3.63, 3.8) is 0 Å². The second-order valence-corrected chi connectivity index (χ2v) is 11.2. The van der Waals surface area contributed by atoms with Gasteiger partial charge in [-0.2, -0.15) is 0 Å². The summed E-state index contributed by atoms with van der Waals surface area (Å²) in [5.41, 5.74) is 7.58. The number of phenols is 1. The van der Waals surface area contributed by atoms with E-state index in [1.165, 1.54) is 31.7 Å². The molecule has 0 radical (unpaired) electrons. The van der Waals surface area contributed by atoms with Crippen molar-refractivity contribution < 1.29 is 9.84 Å². The molecule has 0 amide bonds. The summed E-state index contributed by atoms with van der Waals surface area (Å²) in [6.07, 6.45) is 0.894. The number of aromatic hydroxyl groups is 1. The summed E-state index contributed by atoms with van der Waals surface area (Å²) < 4.78 is 7.73. The number of fused-ring (bicyclic) bond motifs is 1. The molecule has 1 heterocycles. The third kappa shape index (κ3) is 4.73. The van der Waals surface area contributed by atoms with Crippen LogP contribution in [-0.4, -0.2) is 12.2 Å². The van der Waals surface area contributed by atoms with Gasteiger partial charge < -0.3 is 9.84 Å². The number of methoxy groups -OCH3 is 1. The lowest BCUT2D eigenvalue weighted by atomic mass is 9.95. The van der Waals surface area contributed by atoms with Gasteiger partial charge in [0.25, 0.3) is 0 Å². The molecule has 6 aromatic rings. The highest BCUT2D eigenvalue weighted by atomic mass is 79.9. The predicted molar refractivity (Wildman–Crippen MR) is 163 cm³/mol. The summed E-state index contributed by atoms with van der Waals surface area (Å²) in [6.45, 7) is 0. The molecule has 38 heavy (non-hydrogen) atoms. The Morgan fingerprint density at radius 3 is 2.29 bits per heavy atom. The standard InChI is InChI=1S/C34H25BrO2S/c1-37-26-11-7-10-25(19-26)29-20-23(15-17-31(29)36)24-14-16-27(30(35)21-24)34-28-12-5-6-13-32(28)38-33(34)18-22-8-3-2-4-9-22/h2-17,19-21,36H,18H2,1H3.